The highest BCUT2D eigenvalue weighted by Crippen LogP contribution is 2.59. The van der Waals surface area contributed by atoms with E-state index in [1.165, 1.54) is 38.5 Å². The Balaban J connectivity index is 1.11. The number of fused-ring (bicyclic) bond motifs is 1. The van der Waals surface area contributed by atoms with Gasteiger partial charge in [-0.25, -0.2) is 0 Å². The first-order valence-electron chi connectivity index (χ1n) is 10.3. The lowest BCUT2D eigenvalue weighted by Crippen LogP contribution is -2.51. The number of ether oxygens (including phenoxy) is 1. The smallest absolute Gasteiger partial charge is 0.128 e. The van der Waals surface area contributed by atoms with Crippen molar-refractivity contribution in [3.05, 3.63) is 30.5 Å². The van der Waals surface area contributed by atoms with E-state index in [2.05, 4.69) is 10.3 Å². The van der Waals surface area contributed by atoms with Crippen LogP contribution in [0.5, 0.6) is 5.75 Å². The molecular formula is C22H30N2O2. The Kier molecular flexibility index (Phi) is 4.21. The van der Waals surface area contributed by atoms with Crippen LogP contribution in [-0.2, 0) is 0 Å². The summed E-state index contributed by atoms with van der Waals surface area (Å²) in [5.41, 5.74) is 1.59. The van der Waals surface area contributed by atoms with Gasteiger partial charge >= 0.3 is 0 Å². The largest absolute Gasteiger partial charge is 0.490 e. The molecule has 0 spiro atoms. The average molecular weight is 354 g/mol. The Morgan fingerprint density at radius 3 is 2.58 bits per heavy atom. The van der Waals surface area contributed by atoms with Gasteiger partial charge in [0.15, 0.2) is 0 Å². The van der Waals surface area contributed by atoms with E-state index in [-0.39, 0.29) is 0 Å². The summed E-state index contributed by atoms with van der Waals surface area (Å²) in [6.45, 7) is 2.02. The van der Waals surface area contributed by atoms with Crippen LogP contribution in [0, 0.1) is 23.2 Å². The number of aromatic nitrogens is 1. The number of aliphatic hydroxyl groups excluding tert-OH is 1. The molecular weight excluding hydrogens is 324 g/mol. The van der Waals surface area contributed by atoms with Crippen molar-refractivity contribution in [3.8, 4) is 5.75 Å². The van der Waals surface area contributed by atoms with Gasteiger partial charge in [0, 0.05) is 30.2 Å². The predicted molar refractivity (Wildman–Crippen MR) is 103 cm³/mol. The van der Waals surface area contributed by atoms with Gasteiger partial charge in [0.05, 0.1) is 0 Å². The second kappa shape index (κ2) is 6.58. The van der Waals surface area contributed by atoms with Crippen LogP contribution in [0.4, 0.5) is 0 Å². The summed E-state index contributed by atoms with van der Waals surface area (Å²) in [7, 11) is 0. The molecule has 1 aromatic carbocycles. The van der Waals surface area contributed by atoms with Gasteiger partial charge in [0.2, 0.25) is 0 Å². The SMILES string of the molecule is O[C@@H](CNCC12CC3CC(CC(C3)C1)C2)COc1cccc2[nH]ccc12. The number of hydrogen-bond donors (Lipinski definition) is 3. The van der Waals surface area contributed by atoms with E-state index in [1.807, 2.05) is 30.5 Å². The summed E-state index contributed by atoms with van der Waals surface area (Å²) in [4.78, 5) is 3.19. The Morgan fingerprint density at radius 2 is 1.85 bits per heavy atom. The molecule has 4 nitrogen and oxygen atoms in total. The number of rotatable bonds is 7. The molecule has 2 aromatic rings. The molecule has 3 N–H and O–H groups in total. The quantitative estimate of drug-likeness (QED) is 0.710. The van der Waals surface area contributed by atoms with Crippen molar-refractivity contribution < 1.29 is 9.84 Å². The molecule has 1 atom stereocenters. The molecule has 4 bridgehead atoms. The molecule has 0 radical (unpaired) electrons. The molecule has 1 heterocycles. The minimum absolute atomic E-state index is 0.332. The lowest BCUT2D eigenvalue weighted by molar-refractivity contribution is -0.0524. The fourth-order valence-corrected chi connectivity index (χ4v) is 6.44. The van der Waals surface area contributed by atoms with E-state index >= 15 is 0 Å². The van der Waals surface area contributed by atoms with Crippen LogP contribution in [0.25, 0.3) is 10.9 Å². The molecule has 0 saturated heterocycles. The van der Waals surface area contributed by atoms with Gasteiger partial charge in [-0.2, -0.15) is 0 Å². The van der Waals surface area contributed by atoms with Gasteiger partial charge < -0.3 is 20.1 Å². The summed E-state index contributed by atoms with van der Waals surface area (Å²) < 4.78 is 5.88. The van der Waals surface area contributed by atoms with Gasteiger partial charge in [-0.15, -0.1) is 0 Å². The van der Waals surface area contributed by atoms with Crippen molar-refractivity contribution >= 4 is 10.9 Å². The molecule has 4 heteroatoms. The van der Waals surface area contributed by atoms with Crippen LogP contribution in [0.3, 0.4) is 0 Å². The van der Waals surface area contributed by atoms with Crippen molar-refractivity contribution in [2.75, 3.05) is 19.7 Å². The molecule has 0 amide bonds. The minimum atomic E-state index is -0.474. The highest BCUT2D eigenvalue weighted by molar-refractivity contribution is 5.85. The third kappa shape index (κ3) is 3.14. The number of hydrogen-bond acceptors (Lipinski definition) is 3. The molecule has 0 unspecified atom stereocenters. The monoisotopic (exact) mass is 354 g/mol. The van der Waals surface area contributed by atoms with Crippen LogP contribution in [0.1, 0.15) is 38.5 Å². The van der Waals surface area contributed by atoms with Gasteiger partial charge in [0.25, 0.3) is 0 Å². The topological polar surface area (TPSA) is 57.3 Å². The van der Waals surface area contributed by atoms with Crippen LogP contribution >= 0.6 is 0 Å². The van der Waals surface area contributed by atoms with Crippen LogP contribution in [0.15, 0.2) is 30.5 Å². The normalized spacial score (nSPS) is 33.7. The lowest BCUT2D eigenvalue weighted by atomic mass is 9.49. The Labute approximate surface area is 155 Å². The molecule has 26 heavy (non-hydrogen) atoms. The average Bonchev–Trinajstić information content (AvgIpc) is 3.08. The van der Waals surface area contributed by atoms with Gasteiger partial charge in [-0.3, -0.25) is 0 Å². The van der Waals surface area contributed by atoms with Gasteiger partial charge in [-0.1, -0.05) is 6.07 Å². The lowest BCUT2D eigenvalue weighted by Gasteiger charge is -2.57. The number of aliphatic hydroxyl groups is 1. The van der Waals surface area contributed by atoms with E-state index in [1.54, 1.807) is 0 Å². The summed E-state index contributed by atoms with van der Waals surface area (Å²) in [5, 5.41) is 15.0. The van der Waals surface area contributed by atoms with E-state index < -0.39 is 6.10 Å². The van der Waals surface area contributed by atoms with Crippen LogP contribution < -0.4 is 10.1 Å². The van der Waals surface area contributed by atoms with Crippen molar-refractivity contribution in [2.24, 2.45) is 23.2 Å². The summed E-state index contributed by atoms with van der Waals surface area (Å²) in [6.07, 6.45) is 10.1. The summed E-state index contributed by atoms with van der Waals surface area (Å²) in [6, 6.07) is 7.99. The minimum Gasteiger partial charge on any atom is -0.490 e. The number of aromatic amines is 1. The number of H-pyrrole nitrogens is 1. The third-order valence-corrected chi connectivity index (χ3v) is 7.03. The number of nitrogens with one attached hydrogen (secondary N) is 2. The standard InChI is InChI=1S/C22H30N2O2/c25-18(13-26-21-3-1-2-20-19(21)4-5-24-20)12-23-14-22-9-15-6-16(10-22)8-17(7-15)11-22/h1-5,15-18,23-25H,6-14H2/t15?,16?,17?,18-,22?/m0/s1. The molecule has 4 aliphatic carbocycles. The van der Waals surface area contributed by atoms with Crippen molar-refractivity contribution in [2.45, 2.75) is 44.6 Å². The predicted octanol–water partition coefficient (Wildman–Crippen LogP) is 3.71. The Morgan fingerprint density at radius 1 is 1.12 bits per heavy atom. The molecule has 4 aliphatic rings. The first-order valence-corrected chi connectivity index (χ1v) is 10.3. The van der Waals surface area contributed by atoms with Crippen molar-refractivity contribution in [3.63, 3.8) is 0 Å². The second-order valence-electron chi connectivity index (χ2n) is 9.21. The first kappa shape index (κ1) is 16.6. The third-order valence-electron chi connectivity index (χ3n) is 7.03. The maximum Gasteiger partial charge on any atom is 0.128 e. The Bertz CT molecular complexity index is 733. The molecule has 140 valence electrons. The maximum absolute atomic E-state index is 10.4. The summed E-state index contributed by atoms with van der Waals surface area (Å²) >= 11 is 0. The Hall–Kier alpha value is -1.52. The molecule has 1 aromatic heterocycles. The zero-order valence-corrected chi connectivity index (χ0v) is 15.4. The summed E-state index contributed by atoms with van der Waals surface area (Å²) in [5.74, 6) is 3.79. The van der Waals surface area contributed by atoms with E-state index in [0.717, 1.165) is 41.0 Å². The molecule has 6 rings (SSSR count). The van der Waals surface area contributed by atoms with Crippen LogP contribution in [0.2, 0.25) is 0 Å². The van der Waals surface area contributed by atoms with Crippen LogP contribution in [-0.4, -0.2) is 35.9 Å². The fraction of sp³-hybridized carbons (Fsp3) is 0.636. The van der Waals surface area contributed by atoms with E-state index in [0.29, 0.717) is 18.6 Å². The fourth-order valence-electron chi connectivity index (χ4n) is 6.44. The molecule has 0 aliphatic heterocycles. The van der Waals surface area contributed by atoms with E-state index in [4.69, 9.17) is 4.74 Å². The zero-order chi connectivity index (χ0) is 17.6. The highest BCUT2D eigenvalue weighted by Gasteiger charge is 2.50. The second-order valence-corrected chi connectivity index (χ2v) is 9.21. The van der Waals surface area contributed by atoms with Crippen molar-refractivity contribution in [1.29, 1.82) is 0 Å². The maximum atomic E-state index is 10.4. The molecule has 4 saturated carbocycles. The first-order chi connectivity index (χ1) is 12.7. The zero-order valence-electron chi connectivity index (χ0n) is 15.4. The molecule has 4 fully saturated rings. The highest BCUT2D eigenvalue weighted by atomic mass is 16.5. The van der Waals surface area contributed by atoms with Gasteiger partial charge in [0.1, 0.15) is 18.5 Å². The number of benzene rings is 1. The van der Waals surface area contributed by atoms with Gasteiger partial charge in [-0.05, 0) is 79.9 Å². The van der Waals surface area contributed by atoms with Crippen molar-refractivity contribution in [1.82, 2.24) is 10.3 Å². The van der Waals surface area contributed by atoms with E-state index in [9.17, 15) is 5.11 Å².